The van der Waals surface area contributed by atoms with Crippen LogP contribution in [0.15, 0.2) is 59.1 Å². The summed E-state index contributed by atoms with van der Waals surface area (Å²) in [6, 6.07) is 15.0. The van der Waals surface area contributed by atoms with E-state index in [2.05, 4.69) is 25.7 Å². The van der Waals surface area contributed by atoms with Gasteiger partial charge in [-0.2, -0.15) is 4.98 Å². The van der Waals surface area contributed by atoms with E-state index in [-0.39, 0.29) is 30.9 Å². The van der Waals surface area contributed by atoms with Crippen LogP contribution in [-0.2, 0) is 11.3 Å². The summed E-state index contributed by atoms with van der Waals surface area (Å²) >= 11 is 0. The smallest absolute Gasteiger partial charge is 0.315 e. The molecule has 0 radical (unpaired) electrons. The fourth-order valence-corrected chi connectivity index (χ4v) is 3.74. The molecule has 9 nitrogen and oxygen atoms in total. The fourth-order valence-electron chi connectivity index (χ4n) is 3.74. The molecule has 2 N–H and O–H groups in total. The molecule has 1 aliphatic heterocycles. The maximum absolute atomic E-state index is 12.9. The average Bonchev–Trinajstić information content (AvgIpc) is 3.37. The van der Waals surface area contributed by atoms with Gasteiger partial charge in [-0.05, 0) is 24.6 Å². The fraction of sp³-hybridized carbons (Fsp3) is 0.333. The van der Waals surface area contributed by atoms with Crippen molar-refractivity contribution >= 4 is 11.9 Å². The van der Waals surface area contributed by atoms with Crippen LogP contribution in [0.4, 0.5) is 9.18 Å². The Kier molecular flexibility index (Phi) is 7.48. The quantitative estimate of drug-likeness (QED) is 0.555. The van der Waals surface area contributed by atoms with Gasteiger partial charge in [-0.1, -0.05) is 47.6 Å². The van der Waals surface area contributed by atoms with E-state index in [9.17, 15) is 14.0 Å². The third-order valence-electron chi connectivity index (χ3n) is 5.81. The predicted octanol–water partition coefficient (Wildman–Crippen LogP) is 2.58. The number of hydrogen-bond donors (Lipinski definition) is 2. The average molecular weight is 467 g/mol. The summed E-state index contributed by atoms with van der Waals surface area (Å²) in [4.78, 5) is 32.9. The zero-order chi connectivity index (χ0) is 23.9. The predicted molar refractivity (Wildman–Crippen MR) is 123 cm³/mol. The van der Waals surface area contributed by atoms with Gasteiger partial charge < -0.3 is 20.1 Å². The summed E-state index contributed by atoms with van der Waals surface area (Å²) in [6.45, 7) is 4.57. The molecule has 2 heterocycles. The van der Waals surface area contributed by atoms with Gasteiger partial charge >= 0.3 is 6.03 Å². The van der Waals surface area contributed by atoms with Crippen LogP contribution in [0.5, 0.6) is 0 Å². The molecule has 3 amide bonds. The standard InChI is InChI=1S/C24H27FN6O3/c1-17(23-28-22(29-34-23)19-5-3-2-4-6-19)30-11-13-31(14-12-30)21(32)16-27-24(33)26-15-18-7-9-20(25)10-8-18/h2-10,17H,11-16H2,1H3,(H2,26,27,33). The number of carbonyl (C=O) groups is 2. The van der Waals surface area contributed by atoms with Crippen molar-refractivity contribution in [2.45, 2.75) is 19.5 Å². The Morgan fingerprint density at radius 2 is 1.74 bits per heavy atom. The normalized spacial score (nSPS) is 15.1. The lowest BCUT2D eigenvalue weighted by molar-refractivity contribution is -0.132. The lowest BCUT2D eigenvalue weighted by Gasteiger charge is -2.36. The molecule has 0 saturated carbocycles. The van der Waals surface area contributed by atoms with Gasteiger partial charge in [-0.25, -0.2) is 9.18 Å². The number of piperazine rings is 1. The Morgan fingerprint density at radius 3 is 2.44 bits per heavy atom. The molecule has 4 rings (SSSR count). The summed E-state index contributed by atoms with van der Waals surface area (Å²) in [5.74, 6) is 0.619. The minimum Gasteiger partial charge on any atom is -0.339 e. The van der Waals surface area contributed by atoms with Gasteiger partial charge in [-0.3, -0.25) is 9.69 Å². The van der Waals surface area contributed by atoms with Gasteiger partial charge in [0.2, 0.25) is 17.6 Å². The summed E-state index contributed by atoms with van der Waals surface area (Å²) < 4.78 is 18.4. The lowest BCUT2D eigenvalue weighted by atomic mass is 10.2. The van der Waals surface area contributed by atoms with Crippen LogP contribution < -0.4 is 10.6 Å². The molecular formula is C24H27FN6O3. The molecule has 0 aliphatic carbocycles. The molecule has 3 aromatic rings. The number of halogens is 1. The van der Waals surface area contributed by atoms with Crippen molar-refractivity contribution in [2.75, 3.05) is 32.7 Å². The van der Waals surface area contributed by atoms with Crippen LogP contribution >= 0.6 is 0 Å². The molecule has 0 bridgehead atoms. The van der Waals surface area contributed by atoms with Crippen LogP contribution in [0, 0.1) is 5.82 Å². The molecule has 1 fully saturated rings. The van der Waals surface area contributed by atoms with Crippen molar-refractivity contribution in [3.63, 3.8) is 0 Å². The van der Waals surface area contributed by atoms with Crippen molar-refractivity contribution in [3.05, 3.63) is 71.9 Å². The van der Waals surface area contributed by atoms with E-state index < -0.39 is 6.03 Å². The van der Waals surface area contributed by atoms with Crippen molar-refractivity contribution in [2.24, 2.45) is 0 Å². The second-order valence-corrected chi connectivity index (χ2v) is 8.08. The Balaban J connectivity index is 1.19. The molecular weight excluding hydrogens is 439 g/mol. The minimum absolute atomic E-state index is 0.0717. The summed E-state index contributed by atoms with van der Waals surface area (Å²) in [5.41, 5.74) is 1.67. The highest BCUT2D eigenvalue weighted by atomic mass is 19.1. The highest BCUT2D eigenvalue weighted by Gasteiger charge is 2.27. The number of carbonyl (C=O) groups excluding carboxylic acids is 2. The zero-order valence-electron chi connectivity index (χ0n) is 18.9. The molecule has 10 heteroatoms. The Labute approximate surface area is 196 Å². The van der Waals surface area contributed by atoms with Gasteiger partial charge in [0.15, 0.2) is 0 Å². The first-order valence-electron chi connectivity index (χ1n) is 11.2. The third-order valence-corrected chi connectivity index (χ3v) is 5.81. The first kappa shape index (κ1) is 23.4. The molecule has 1 saturated heterocycles. The van der Waals surface area contributed by atoms with E-state index in [1.165, 1.54) is 12.1 Å². The lowest BCUT2D eigenvalue weighted by Crippen LogP contribution is -2.52. The zero-order valence-corrected chi connectivity index (χ0v) is 18.9. The van der Waals surface area contributed by atoms with E-state index in [4.69, 9.17) is 4.52 Å². The first-order valence-corrected chi connectivity index (χ1v) is 11.2. The highest BCUT2D eigenvalue weighted by molar-refractivity contribution is 5.84. The topological polar surface area (TPSA) is 104 Å². The molecule has 0 spiro atoms. The molecule has 1 aromatic heterocycles. The van der Waals surface area contributed by atoms with E-state index in [1.807, 2.05) is 37.3 Å². The SMILES string of the molecule is CC(c1nc(-c2ccccc2)no1)N1CCN(C(=O)CNC(=O)NCc2ccc(F)cc2)CC1. The third kappa shape index (κ3) is 5.96. The summed E-state index contributed by atoms with van der Waals surface area (Å²) in [5, 5.41) is 9.32. The summed E-state index contributed by atoms with van der Waals surface area (Å²) in [7, 11) is 0. The molecule has 1 atom stereocenters. The van der Waals surface area contributed by atoms with Crippen LogP contribution in [0.2, 0.25) is 0 Å². The van der Waals surface area contributed by atoms with Crippen molar-refractivity contribution in [1.29, 1.82) is 0 Å². The van der Waals surface area contributed by atoms with Crippen LogP contribution in [0.25, 0.3) is 11.4 Å². The maximum Gasteiger partial charge on any atom is 0.315 e. The molecule has 2 aromatic carbocycles. The molecule has 1 aliphatic rings. The summed E-state index contributed by atoms with van der Waals surface area (Å²) in [6.07, 6.45) is 0. The molecule has 34 heavy (non-hydrogen) atoms. The van der Waals surface area contributed by atoms with Crippen LogP contribution in [0.1, 0.15) is 24.4 Å². The van der Waals surface area contributed by atoms with Crippen LogP contribution in [0.3, 0.4) is 0 Å². The Hall–Kier alpha value is -3.79. The highest BCUT2D eigenvalue weighted by Crippen LogP contribution is 2.23. The van der Waals surface area contributed by atoms with E-state index in [1.54, 1.807) is 17.0 Å². The number of aromatic nitrogens is 2. The first-order chi connectivity index (χ1) is 16.5. The van der Waals surface area contributed by atoms with Crippen LogP contribution in [-0.4, -0.2) is 64.6 Å². The van der Waals surface area contributed by atoms with Crippen molar-refractivity contribution < 1.29 is 18.5 Å². The Bertz CT molecular complexity index is 1100. The van der Waals surface area contributed by atoms with E-state index >= 15 is 0 Å². The number of nitrogens with zero attached hydrogens (tertiary/aromatic N) is 4. The van der Waals surface area contributed by atoms with E-state index in [0.29, 0.717) is 37.9 Å². The van der Waals surface area contributed by atoms with Gasteiger partial charge in [0.05, 0.1) is 12.6 Å². The van der Waals surface area contributed by atoms with Crippen molar-refractivity contribution in [1.82, 2.24) is 30.6 Å². The monoisotopic (exact) mass is 466 g/mol. The van der Waals surface area contributed by atoms with Crippen molar-refractivity contribution in [3.8, 4) is 11.4 Å². The maximum atomic E-state index is 12.9. The number of benzene rings is 2. The van der Waals surface area contributed by atoms with Gasteiger partial charge in [-0.15, -0.1) is 0 Å². The largest absolute Gasteiger partial charge is 0.339 e. The molecule has 1 unspecified atom stereocenters. The molecule has 178 valence electrons. The van der Waals surface area contributed by atoms with E-state index in [0.717, 1.165) is 11.1 Å². The number of hydrogen-bond acceptors (Lipinski definition) is 6. The number of rotatable bonds is 7. The number of urea groups is 1. The second kappa shape index (κ2) is 10.9. The number of amides is 3. The minimum atomic E-state index is -0.449. The van der Waals surface area contributed by atoms with Gasteiger partial charge in [0.1, 0.15) is 5.82 Å². The number of nitrogens with one attached hydrogen (secondary N) is 2. The van der Waals surface area contributed by atoms with Gasteiger partial charge in [0.25, 0.3) is 0 Å². The Morgan fingerprint density at radius 1 is 1.03 bits per heavy atom. The van der Waals surface area contributed by atoms with Gasteiger partial charge in [0, 0.05) is 38.3 Å². The second-order valence-electron chi connectivity index (χ2n) is 8.08.